The zero-order valence-electron chi connectivity index (χ0n) is 15.5. The number of hydrogen-bond acceptors (Lipinski definition) is 4. The number of para-hydroxylation sites is 1. The summed E-state index contributed by atoms with van der Waals surface area (Å²) in [6.07, 6.45) is 1.18. The molecule has 0 saturated carbocycles. The van der Waals surface area contributed by atoms with E-state index in [-0.39, 0.29) is 5.91 Å². The molecule has 0 aliphatic heterocycles. The molecule has 2 aromatic carbocycles. The van der Waals surface area contributed by atoms with Gasteiger partial charge in [0.25, 0.3) is 5.91 Å². The molecule has 0 aliphatic rings. The molecule has 5 nitrogen and oxygen atoms in total. The highest BCUT2D eigenvalue weighted by atomic mass is 16.5. The van der Waals surface area contributed by atoms with Gasteiger partial charge in [0.1, 0.15) is 0 Å². The van der Waals surface area contributed by atoms with E-state index in [9.17, 15) is 9.59 Å². The van der Waals surface area contributed by atoms with Gasteiger partial charge in [-0.25, -0.2) is 4.79 Å². The van der Waals surface area contributed by atoms with Crippen molar-refractivity contribution in [2.45, 2.75) is 39.7 Å². The number of nitrogens with one attached hydrogen (secondary N) is 2. The minimum Gasteiger partial charge on any atom is -0.449 e. The third-order valence-electron chi connectivity index (χ3n) is 3.96. The van der Waals surface area contributed by atoms with E-state index in [1.54, 1.807) is 19.1 Å². The predicted molar refractivity (Wildman–Crippen MR) is 105 cm³/mol. The van der Waals surface area contributed by atoms with Gasteiger partial charge < -0.3 is 15.4 Å². The van der Waals surface area contributed by atoms with Gasteiger partial charge in [-0.1, -0.05) is 43.2 Å². The zero-order chi connectivity index (χ0) is 18.9. The van der Waals surface area contributed by atoms with Crippen molar-refractivity contribution in [3.05, 3.63) is 59.7 Å². The van der Waals surface area contributed by atoms with E-state index >= 15 is 0 Å². The lowest BCUT2D eigenvalue weighted by Gasteiger charge is -2.16. The van der Waals surface area contributed by atoms with Gasteiger partial charge in [0.15, 0.2) is 6.10 Å². The molecule has 0 aromatic heterocycles. The summed E-state index contributed by atoms with van der Waals surface area (Å²) in [5, 5.41) is 5.99. The second-order valence-corrected chi connectivity index (χ2v) is 6.23. The van der Waals surface area contributed by atoms with Crippen molar-refractivity contribution < 1.29 is 14.3 Å². The van der Waals surface area contributed by atoms with Gasteiger partial charge in [-0.05, 0) is 44.5 Å². The predicted octanol–water partition coefficient (Wildman–Crippen LogP) is 4.39. The molecule has 1 atom stereocenters. The summed E-state index contributed by atoms with van der Waals surface area (Å²) in [6, 6.07) is 14.6. The van der Waals surface area contributed by atoms with Crippen LogP contribution < -0.4 is 10.6 Å². The van der Waals surface area contributed by atoms with Crippen LogP contribution in [0.4, 0.5) is 11.4 Å². The lowest BCUT2D eigenvalue weighted by Crippen LogP contribution is -2.30. The number of aryl methyl sites for hydroxylation is 1. The third kappa shape index (κ3) is 5.62. The van der Waals surface area contributed by atoms with Gasteiger partial charge in [0.05, 0.1) is 5.56 Å². The number of carbonyl (C=O) groups excluding carboxylic acids is 2. The standard InChI is InChI=1S/C21H26N2O3/c1-4-5-14-22-19-9-7-6-8-18(19)21(25)26-16(3)20(24)23-17-12-10-15(2)11-13-17/h6-13,16,22H,4-5,14H2,1-3H3,(H,23,24)/t16-/m0/s1. The molecule has 0 radical (unpaired) electrons. The Labute approximate surface area is 154 Å². The van der Waals surface area contributed by atoms with Crippen molar-refractivity contribution in [1.29, 1.82) is 0 Å². The van der Waals surface area contributed by atoms with E-state index in [0.29, 0.717) is 11.3 Å². The van der Waals surface area contributed by atoms with E-state index in [1.807, 2.05) is 43.3 Å². The number of hydrogen-bond donors (Lipinski definition) is 2. The molecule has 5 heteroatoms. The Morgan fingerprint density at radius 3 is 2.46 bits per heavy atom. The molecule has 2 aromatic rings. The zero-order valence-corrected chi connectivity index (χ0v) is 15.5. The molecule has 138 valence electrons. The number of anilines is 2. The van der Waals surface area contributed by atoms with Crippen molar-refractivity contribution in [1.82, 2.24) is 0 Å². The van der Waals surface area contributed by atoms with Crippen LogP contribution in [0.2, 0.25) is 0 Å². The maximum atomic E-state index is 12.5. The Kier molecular flexibility index (Phi) is 7.21. The summed E-state index contributed by atoms with van der Waals surface area (Å²) in [5.41, 5.74) is 2.93. The maximum absolute atomic E-state index is 12.5. The number of unbranched alkanes of at least 4 members (excludes halogenated alkanes) is 1. The summed E-state index contributed by atoms with van der Waals surface area (Å²) in [4.78, 5) is 24.7. The lowest BCUT2D eigenvalue weighted by molar-refractivity contribution is -0.123. The van der Waals surface area contributed by atoms with Gasteiger partial charge in [-0.2, -0.15) is 0 Å². The summed E-state index contributed by atoms with van der Waals surface area (Å²) in [7, 11) is 0. The van der Waals surface area contributed by atoms with Crippen LogP contribution in [0.15, 0.2) is 48.5 Å². The fourth-order valence-electron chi connectivity index (χ4n) is 2.37. The van der Waals surface area contributed by atoms with Crippen molar-refractivity contribution in [3.8, 4) is 0 Å². The van der Waals surface area contributed by atoms with Crippen molar-refractivity contribution in [2.24, 2.45) is 0 Å². The van der Waals surface area contributed by atoms with Crippen LogP contribution >= 0.6 is 0 Å². The largest absolute Gasteiger partial charge is 0.449 e. The van der Waals surface area contributed by atoms with Crippen molar-refractivity contribution >= 4 is 23.3 Å². The SMILES string of the molecule is CCCCNc1ccccc1C(=O)O[C@@H](C)C(=O)Nc1ccc(C)cc1. The molecule has 0 spiro atoms. The molecule has 0 unspecified atom stereocenters. The summed E-state index contributed by atoms with van der Waals surface area (Å²) < 4.78 is 5.35. The molecule has 0 heterocycles. The average molecular weight is 354 g/mol. The van der Waals surface area contributed by atoms with E-state index in [1.165, 1.54) is 0 Å². The molecule has 0 fully saturated rings. The number of amides is 1. The number of benzene rings is 2. The topological polar surface area (TPSA) is 67.4 Å². The summed E-state index contributed by atoms with van der Waals surface area (Å²) in [6.45, 7) is 6.43. The quantitative estimate of drug-likeness (QED) is 0.545. The number of esters is 1. The fourth-order valence-corrected chi connectivity index (χ4v) is 2.37. The molecule has 0 bridgehead atoms. The Hall–Kier alpha value is -2.82. The normalized spacial score (nSPS) is 11.5. The highest BCUT2D eigenvalue weighted by Crippen LogP contribution is 2.17. The molecule has 2 N–H and O–H groups in total. The molecular weight excluding hydrogens is 328 g/mol. The van der Waals surface area contributed by atoms with Crippen LogP contribution in [0.3, 0.4) is 0 Å². The summed E-state index contributed by atoms with van der Waals surface area (Å²) in [5.74, 6) is -0.880. The number of carbonyl (C=O) groups is 2. The molecule has 2 rings (SSSR count). The van der Waals surface area contributed by atoms with Gasteiger partial charge in [0.2, 0.25) is 0 Å². The first-order chi connectivity index (χ1) is 12.5. The van der Waals surface area contributed by atoms with E-state index in [0.717, 1.165) is 30.6 Å². The smallest absolute Gasteiger partial charge is 0.341 e. The Morgan fingerprint density at radius 2 is 1.77 bits per heavy atom. The Bertz CT molecular complexity index is 741. The molecule has 1 amide bonds. The van der Waals surface area contributed by atoms with Crippen LogP contribution in [0.25, 0.3) is 0 Å². The van der Waals surface area contributed by atoms with Crippen LogP contribution in [0, 0.1) is 6.92 Å². The Balaban J connectivity index is 1.97. The van der Waals surface area contributed by atoms with Crippen LogP contribution in [0.1, 0.15) is 42.6 Å². The van der Waals surface area contributed by atoms with Crippen LogP contribution in [-0.2, 0) is 9.53 Å². The lowest BCUT2D eigenvalue weighted by atomic mass is 10.1. The molecule has 0 aliphatic carbocycles. The third-order valence-corrected chi connectivity index (χ3v) is 3.96. The summed E-state index contributed by atoms with van der Waals surface area (Å²) >= 11 is 0. The van der Waals surface area contributed by atoms with Crippen LogP contribution in [0.5, 0.6) is 0 Å². The van der Waals surface area contributed by atoms with Gasteiger partial charge in [-0.3, -0.25) is 4.79 Å². The molecule has 26 heavy (non-hydrogen) atoms. The van der Waals surface area contributed by atoms with Crippen molar-refractivity contribution in [2.75, 3.05) is 17.2 Å². The van der Waals surface area contributed by atoms with Crippen molar-refractivity contribution in [3.63, 3.8) is 0 Å². The second-order valence-electron chi connectivity index (χ2n) is 6.23. The maximum Gasteiger partial charge on any atom is 0.341 e. The number of ether oxygens (including phenoxy) is 1. The van der Waals surface area contributed by atoms with E-state index in [4.69, 9.17) is 4.74 Å². The minimum absolute atomic E-state index is 0.362. The Morgan fingerprint density at radius 1 is 1.08 bits per heavy atom. The van der Waals surface area contributed by atoms with Gasteiger partial charge in [0, 0.05) is 17.9 Å². The minimum atomic E-state index is -0.896. The average Bonchev–Trinajstić information content (AvgIpc) is 2.64. The first-order valence-corrected chi connectivity index (χ1v) is 8.92. The monoisotopic (exact) mass is 354 g/mol. The highest BCUT2D eigenvalue weighted by molar-refractivity contribution is 5.99. The molecule has 0 saturated heterocycles. The van der Waals surface area contributed by atoms with E-state index < -0.39 is 12.1 Å². The molecular formula is C21H26N2O3. The second kappa shape index (κ2) is 9.61. The first-order valence-electron chi connectivity index (χ1n) is 8.92. The first kappa shape index (κ1) is 19.5. The van der Waals surface area contributed by atoms with E-state index in [2.05, 4.69) is 17.6 Å². The highest BCUT2D eigenvalue weighted by Gasteiger charge is 2.20. The van der Waals surface area contributed by atoms with Crippen LogP contribution in [-0.4, -0.2) is 24.5 Å². The van der Waals surface area contributed by atoms with Gasteiger partial charge >= 0.3 is 5.97 Å². The number of rotatable bonds is 8. The van der Waals surface area contributed by atoms with Gasteiger partial charge in [-0.15, -0.1) is 0 Å². The fraction of sp³-hybridized carbons (Fsp3) is 0.333.